The molecular weight excluding hydrogens is 411 g/mol. The van der Waals surface area contributed by atoms with Crippen LogP contribution in [0.15, 0.2) is 35.3 Å². The first kappa shape index (κ1) is 21.2. The van der Waals surface area contributed by atoms with Gasteiger partial charge in [0.2, 0.25) is 0 Å². The molecule has 1 fully saturated rings. The van der Waals surface area contributed by atoms with Crippen LogP contribution in [0.4, 0.5) is 0 Å². The highest BCUT2D eigenvalue weighted by molar-refractivity contribution is 14.0. The highest BCUT2D eigenvalue weighted by Gasteiger charge is 2.27. The number of nitrogens with zero attached hydrogens (tertiary/aromatic N) is 2. The topological polar surface area (TPSA) is 39.7 Å². The summed E-state index contributed by atoms with van der Waals surface area (Å²) in [5.41, 5.74) is 1.39. The van der Waals surface area contributed by atoms with Gasteiger partial charge in [0, 0.05) is 32.2 Å². The minimum absolute atomic E-state index is 0. The van der Waals surface area contributed by atoms with Crippen LogP contribution < -0.4 is 10.6 Å². The maximum absolute atomic E-state index is 4.69. The SMILES string of the molecule is CCNC(=NCCCc1ccccc1)NCCN(CC)C1CC1.I. The lowest BCUT2D eigenvalue weighted by atomic mass is 10.1. The molecule has 1 aromatic rings. The zero-order valence-electron chi connectivity index (χ0n) is 15.1. The van der Waals surface area contributed by atoms with Gasteiger partial charge in [-0.25, -0.2) is 0 Å². The van der Waals surface area contributed by atoms with Crippen LogP contribution in [-0.4, -0.2) is 49.6 Å². The number of hydrogen-bond acceptors (Lipinski definition) is 2. The van der Waals surface area contributed by atoms with Gasteiger partial charge in [-0.15, -0.1) is 24.0 Å². The van der Waals surface area contributed by atoms with Gasteiger partial charge in [-0.2, -0.15) is 0 Å². The third-order valence-corrected chi connectivity index (χ3v) is 4.24. The van der Waals surface area contributed by atoms with Gasteiger partial charge in [-0.3, -0.25) is 9.89 Å². The zero-order chi connectivity index (χ0) is 16.3. The standard InChI is InChI=1S/C19H32N4.HI/c1-3-20-19(22-15-16-23(4-2)18-12-13-18)21-14-8-11-17-9-6-5-7-10-17;/h5-7,9-10,18H,3-4,8,11-16H2,1-2H3,(H2,20,21,22);1H. The van der Waals surface area contributed by atoms with Gasteiger partial charge in [0.05, 0.1) is 0 Å². The Morgan fingerprint density at radius 2 is 1.92 bits per heavy atom. The number of halogens is 1. The molecule has 4 nitrogen and oxygen atoms in total. The molecule has 1 aromatic carbocycles. The molecule has 136 valence electrons. The number of guanidine groups is 1. The molecule has 0 atom stereocenters. The van der Waals surface area contributed by atoms with Gasteiger partial charge >= 0.3 is 0 Å². The summed E-state index contributed by atoms with van der Waals surface area (Å²) in [7, 11) is 0. The second-order valence-electron chi connectivity index (χ2n) is 6.14. The van der Waals surface area contributed by atoms with Crippen LogP contribution in [0.1, 0.15) is 38.7 Å². The first-order chi connectivity index (χ1) is 11.3. The molecule has 0 aromatic heterocycles. The molecule has 0 amide bonds. The lowest BCUT2D eigenvalue weighted by molar-refractivity contribution is 0.282. The molecule has 1 saturated carbocycles. The summed E-state index contributed by atoms with van der Waals surface area (Å²) >= 11 is 0. The van der Waals surface area contributed by atoms with E-state index in [1.165, 1.54) is 18.4 Å². The second kappa shape index (κ2) is 12.5. The van der Waals surface area contributed by atoms with Crippen LogP contribution in [0.2, 0.25) is 0 Å². The second-order valence-corrected chi connectivity index (χ2v) is 6.14. The Balaban J connectivity index is 0.00000288. The summed E-state index contributed by atoms with van der Waals surface area (Å²) in [6.45, 7) is 9.36. The van der Waals surface area contributed by atoms with Gasteiger partial charge in [0.1, 0.15) is 0 Å². The van der Waals surface area contributed by atoms with Crippen molar-refractivity contribution in [3.8, 4) is 0 Å². The minimum Gasteiger partial charge on any atom is -0.357 e. The van der Waals surface area contributed by atoms with E-state index in [9.17, 15) is 0 Å². The molecule has 1 aliphatic rings. The number of hydrogen-bond donors (Lipinski definition) is 2. The van der Waals surface area contributed by atoms with Crippen molar-refractivity contribution in [2.45, 2.75) is 45.6 Å². The fourth-order valence-corrected chi connectivity index (χ4v) is 2.82. The number of nitrogens with one attached hydrogen (secondary N) is 2. The summed E-state index contributed by atoms with van der Waals surface area (Å²) in [4.78, 5) is 7.25. The summed E-state index contributed by atoms with van der Waals surface area (Å²) in [5, 5.41) is 6.80. The Morgan fingerprint density at radius 1 is 1.17 bits per heavy atom. The summed E-state index contributed by atoms with van der Waals surface area (Å²) in [6, 6.07) is 11.5. The van der Waals surface area contributed by atoms with Crippen LogP contribution in [-0.2, 0) is 6.42 Å². The van der Waals surface area contributed by atoms with Crippen molar-refractivity contribution < 1.29 is 0 Å². The fraction of sp³-hybridized carbons (Fsp3) is 0.632. The molecule has 2 rings (SSSR count). The van der Waals surface area contributed by atoms with E-state index in [0.29, 0.717) is 0 Å². The molecule has 2 N–H and O–H groups in total. The van der Waals surface area contributed by atoms with E-state index < -0.39 is 0 Å². The van der Waals surface area contributed by atoms with E-state index in [-0.39, 0.29) is 24.0 Å². The lowest BCUT2D eigenvalue weighted by Crippen LogP contribution is -2.42. The van der Waals surface area contributed by atoms with E-state index >= 15 is 0 Å². The Bertz CT molecular complexity index is 460. The first-order valence-electron chi connectivity index (χ1n) is 9.13. The van der Waals surface area contributed by atoms with Crippen LogP contribution >= 0.6 is 24.0 Å². The maximum Gasteiger partial charge on any atom is 0.191 e. The zero-order valence-corrected chi connectivity index (χ0v) is 17.5. The Morgan fingerprint density at radius 3 is 2.54 bits per heavy atom. The molecule has 0 unspecified atom stereocenters. The van der Waals surface area contributed by atoms with Crippen LogP contribution in [0.3, 0.4) is 0 Å². The average molecular weight is 444 g/mol. The number of aryl methyl sites for hydroxylation is 1. The molecule has 0 saturated heterocycles. The van der Waals surface area contributed by atoms with Crippen molar-refractivity contribution in [3.05, 3.63) is 35.9 Å². The lowest BCUT2D eigenvalue weighted by Gasteiger charge is -2.20. The molecule has 0 aliphatic heterocycles. The van der Waals surface area contributed by atoms with E-state index in [1.54, 1.807) is 0 Å². The average Bonchev–Trinajstić information content (AvgIpc) is 3.41. The normalized spacial score (nSPS) is 14.4. The van der Waals surface area contributed by atoms with Gasteiger partial charge < -0.3 is 10.6 Å². The molecule has 0 heterocycles. The first-order valence-corrected chi connectivity index (χ1v) is 9.13. The molecule has 5 heteroatoms. The molecular formula is C19H33IN4. The predicted octanol–water partition coefficient (Wildman–Crippen LogP) is 3.28. The molecule has 24 heavy (non-hydrogen) atoms. The molecule has 0 spiro atoms. The van der Waals surface area contributed by atoms with Gasteiger partial charge in [0.25, 0.3) is 0 Å². The smallest absolute Gasteiger partial charge is 0.191 e. The Hall–Kier alpha value is -0.820. The fourth-order valence-electron chi connectivity index (χ4n) is 2.82. The number of aliphatic imine (C=N–C) groups is 1. The van der Waals surface area contributed by atoms with Crippen LogP contribution in [0, 0.1) is 0 Å². The Kier molecular flexibility index (Phi) is 11.1. The van der Waals surface area contributed by atoms with Gasteiger partial charge in [-0.05, 0) is 44.7 Å². The Labute approximate surface area is 164 Å². The highest BCUT2D eigenvalue weighted by Crippen LogP contribution is 2.25. The summed E-state index contributed by atoms with van der Waals surface area (Å²) in [5.74, 6) is 0.951. The third kappa shape index (κ3) is 8.33. The van der Waals surface area contributed by atoms with Crippen molar-refractivity contribution >= 4 is 29.9 Å². The van der Waals surface area contributed by atoms with Crippen molar-refractivity contribution in [2.24, 2.45) is 4.99 Å². The van der Waals surface area contributed by atoms with Crippen molar-refractivity contribution in [1.29, 1.82) is 0 Å². The van der Waals surface area contributed by atoms with Gasteiger partial charge in [0.15, 0.2) is 5.96 Å². The minimum atomic E-state index is 0. The molecule has 0 bridgehead atoms. The number of rotatable bonds is 10. The van der Waals surface area contributed by atoms with E-state index in [1.807, 2.05) is 0 Å². The third-order valence-electron chi connectivity index (χ3n) is 4.24. The molecule has 0 radical (unpaired) electrons. The van der Waals surface area contributed by atoms with Crippen molar-refractivity contribution in [2.75, 3.05) is 32.7 Å². The number of likely N-dealkylation sites (N-methyl/N-ethyl adjacent to an activating group) is 1. The monoisotopic (exact) mass is 444 g/mol. The van der Waals surface area contributed by atoms with Gasteiger partial charge in [-0.1, -0.05) is 37.3 Å². The van der Waals surface area contributed by atoms with Crippen LogP contribution in [0.5, 0.6) is 0 Å². The quantitative estimate of drug-likeness (QED) is 0.252. The van der Waals surface area contributed by atoms with E-state index in [0.717, 1.165) is 57.6 Å². The number of benzene rings is 1. The summed E-state index contributed by atoms with van der Waals surface area (Å²) < 4.78 is 0. The van der Waals surface area contributed by atoms with E-state index in [2.05, 4.69) is 64.7 Å². The highest BCUT2D eigenvalue weighted by atomic mass is 127. The van der Waals surface area contributed by atoms with E-state index in [4.69, 9.17) is 0 Å². The maximum atomic E-state index is 4.69. The predicted molar refractivity (Wildman–Crippen MR) is 114 cm³/mol. The van der Waals surface area contributed by atoms with Crippen molar-refractivity contribution in [3.63, 3.8) is 0 Å². The van der Waals surface area contributed by atoms with Crippen molar-refractivity contribution in [1.82, 2.24) is 15.5 Å². The molecule has 1 aliphatic carbocycles. The largest absolute Gasteiger partial charge is 0.357 e. The van der Waals surface area contributed by atoms with Crippen LogP contribution in [0.25, 0.3) is 0 Å². The summed E-state index contributed by atoms with van der Waals surface area (Å²) in [6.07, 6.45) is 4.93.